The van der Waals surface area contributed by atoms with Gasteiger partial charge in [0.05, 0.1) is 0 Å². The molecule has 0 saturated carbocycles. The zero-order chi connectivity index (χ0) is 17.9. The van der Waals surface area contributed by atoms with Crippen molar-refractivity contribution < 1.29 is 13.9 Å². The summed E-state index contributed by atoms with van der Waals surface area (Å²) in [7, 11) is 0. The topological polar surface area (TPSA) is 77.2 Å². The van der Waals surface area contributed by atoms with Gasteiger partial charge >= 0.3 is 0 Å². The lowest BCUT2D eigenvalue weighted by molar-refractivity contribution is -0.118. The van der Waals surface area contributed by atoms with E-state index in [1.165, 1.54) is 11.3 Å². The van der Waals surface area contributed by atoms with Gasteiger partial charge in [-0.05, 0) is 36.4 Å². The normalized spacial score (nSPS) is 10.8. The van der Waals surface area contributed by atoms with E-state index in [0.717, 1.165) is 11.0 Å². The van der Waals surface area contributed by atoms with Crippen LogP contribution in [-0.2, 0) is 4.79 Å². The number of anilines is 1. The Hall–Kier alpha value is -2.90. The first kappa shape index (κ1) is 16.6. The lowest BCUT2D eigenvalue weighted by Crippen LogP contribution is -2.20. The van der Waals surface area contributed by atoms with Gasteiger partial charge in [-0.25, -0.2) is 0 Å². The smallest absolute Gasteiger partial charge is 0.264 e. The molecule has 0 unspecified atom stereocenters. The molecule has 1 amide bonds. The minimum atomic E-state index is -0.327. The number of halogens is 1. The highest BCUT2D eigenvalue weighted by molar-refractivity contribution is 7.18. The predicted molar refractivity (Wildman–Crippen MR) is 101 cm³/mol. The molecule has 2 aromatic carbocycles. The van der Waals surface area contributed by atoms with E-state index in [-0.39, 0.29) is 12.5 Å². The molecule has 130 valence electrons. The van der Waals surface area contributed by atoms with Gasteiger partial charge in [0.2, 0.25) is 5.13 Å². The third-order valence-electron chi connectivity index (χ3n) is 3.49. The molecule has 4 aromatic rings. The maximum absolute atomic E-state index is 12.0. The highest BCUT2D eigenvalue weighted by atomic mass is 35.5. The molecule has 0 atom stereocenters. The molecule has 0 aliphatic heterocycles. The molecule has 4 rings (SSSR count). The van der Waals surface area contributed by atoms with Gasteiger partial charge in [-0.3, -0.25) is 10.1 Å². The quantitative estimate of drug-likeness (QED) is 0.542. The molecule has 2 aromatic heterocycles. The standard InChI is InChI=1S/C18H12ClN3O3S/c19-12-5-7-13(8-6-12)24-10-16(23)20-18-22-21-17(26-18)15-9-11-3-1-2-4-14(11)25-15/h1-9H,10H2,(H,20,22,23). The summed E-state index contributed by atoms with van der Waals surface area (Å²) in [6.45, 7) is -0.138. The lowest BCUT2D eigenvalue weighted by atomic mass is 10.2. The van der Waals surface area contributed by atoms with Crippen LogP contribution in [0.2, 0.25) is 5.02 Å². The zero-order valence-electron chi connectivity index (χ0n) is 13.3. The molecular weight excluding hydrogens is 374 g/mol. The second-order valence-corrected chi connectivity index (χ2v) is 6.77. The molecule has 0 fully saturated rings. The van der Waals surface area contributed by atoms with E-state index < -0.39 is 0 Å². The summed E-state index contributed by atoms with van der Waals surface area (Å²) in [5, 5.41) is 13.3. The highest BCUT2D eigenvalue weighted by Gasteiger charge is 2.13. The summed E-state index contributed by atoms with van der Waals surface area (Å²) in [6.07, 6.45) is 0. The summed E-state index contributed by atoms with van der Waals surface area (Å²) in [5.41, 5.74) is 0.777. The fraction of sp³-hybridized carbons (Fsp3) is 0.0556. The van der Waals surface area contributed by atoms with E-state index in [4.69, 9.17) is 20.8 Å². The Balaban J connectivity index is 1.39. The highest BCUT2D eigenvalue weighted by Crippen LogP contribution is 2.31. The van der Waals surface area contributed by atoms with Crippen LogP contribution in [0.25, 0.3) is 21.7 Å². The molecule has 0 radical (unpaired) electrons. The van der Waals surface area contributed by atoms with Crippen LogP contribution in [0.5, 0.6) is 5.75 Å². The van der Waals surface area contributed by atoms with Crippen molar-refractivity contribution >= 4 is 44.9 Å². The number of para-hydroxylation sites is 1. The van der Waals surface area contributed by atoms with Gasteiger partial charge in [0.15, 0.2) is 17.4 Å². The van der Waals surface area contributed by atoms with Crippen LogP contribution in [-0.4, -0.2) is 22.7 Å². The number of nitrogens with zero attached hydrogens (tertiary/aromatic N) is 2. The number of ether oxygens (including phenoxy) is 1. The van der Waals surface area contributed by atoms with Crippen molar-refractivity contribution in [2.24, 2.45) is 0 Å². The van der Waals surface area contributed by atoms with Gasteiger partial charge in [0.25, 0.3) is 5.91 Å². The zero-order valence-corrected chi connectivity index (χ0v) is 14.9. The number of aromatic nitrogens is 2. The number of carbonyl (C=O) groups excluding carboxylic acids is 1. The lowest BCUT2D eigenvalue weighted by Gasteiger charge is -2.05. The molecule has 1 N–H and O–H groups in total. The van der Waals surface area contributed by atoms with Crippen LogP contribution >= 0.6 is 22.9 Å². The molecule has 0 saturated heterocycles. The largest absolute Gasteiger partial charge is 0.484 e. The van der Waals surface area contributed by atoms with Crippen molar-refractivity contribution in [2.75, 3.05) is 11.9 Å². The molecule has 8 heteroatoms. The van der Waals surface area contributed by atoms with Crippen molar-refractivity contribution in [1.29, 1.82) is 0 Å². The third kappa shape index (κ3) is 3.68. The van der Waals surface area contributed by atoms with Crippen molar-refractivity contribution in [1.82, 2.24) is 10.2 Å². The Morgan fingerprint density at radius 2 is 1.96 bits per heavy atom. The van der Waals surface area contributed by atoms with Gasteiger partial charge in [0, 0.05) is 10.4 Å². The van der Waals surface area contributed by atoms with Crippen LogP contribution in [0, 0.1) is 0 Å². The second kappa shape index (κ2) is 7.15. The van der Waals surface area contributed by atoms with Gasteiger partial charge in [-0.1, -0.05) is 41.1 Å². The fourth-order valence-corrected chi connectivity index (χ4v) is 3.13. The molecule has 0 bridgehead atoms. The fourth-order valence-electron chi connectivity index (χ4n) is 2.30. The minimum absolute atomic E-state index is 0.138. The van der Waals surface area contributed by atoms with E-state index in [2.05, 4.69) is 15.5 Å². The number of hydrogen-bond donors (Lipinski definition) is 1. The molecule has 2 heterocycles. The number of rotatable bonds is 5. The summed E-state index contributed by atoms with van der Waals surface area (Å²) < 4.78 is 11.1. The van der Waals surface area contributed by atoms with Gasteiger partial charge in [-0.15, -0.1) is 10.2 Å². The number of amides is 1. The van der Waals surface area contributed by atoms with Crippen LogP contribution in [0.15, 0.2) is 59.0 Å². The number of furan rings is 1. The molecule has 0 aliphatic rings. The molecule has 0 spiro atoms. The van der Waals surface area contributed by atoms with E-state index in [9.17, 15) is 4.79 Å². The molecule has 6 nitrogen and oxygen atoms in total. The van der Waals surface area contributed by atoms with Crippen molar-refractivity contribution in [3.63, 3.8) is 0 Å². The van der Waals surface area contributed by atoms with E-state index in [1.54, 1.807) is 24.3 Å². The van der Waals surface area contributed by atoms with Gasteiger partial charge < -0.3 is 9.15 Å². The number of carbonyl (C=O) groups is 1. The maximum atomic E-state index is 12.0. The third-order valence-corrected chi connectivity index (χ3v) is 4.60. The summed E-state index contributed by atoms with van der Waals surface area (Å²) in [4.78, 5) is 12.0. The van der Waals surface area contributed by atoms with Gasteiger partial charge in [0.1, 0.15) is 11.3 Å². The van der Waals surface area contributed by atoms with Crippen LogP contribution in [0.1, 0.15) is 0 Å². The van der Waals surface area contributed by atoms with Crippen molar-refractivity contribution in [2.45, 2.75) is 0 Å². The van der Waals surface area contributed by atoms with E-state index in [0.29, 0.717) is 26.7 Å². The Bertz CT molecular complexity index is 1030. The first-order valence-corrected chi connectivity index (χ1v) is 8.87. The Morgan fingerprint density at radius 1 is 1.15 bits per heavy atom. The second-order valence-electron chi connectivity index (χ2n) is 5.35. The number of benzene rings is 2. The average molecular weight is 386 g/mol. The number of nitrogens with one attached hydrogen (secondary N) is 1. The van der Waals surface area contributed by atoms with E-state index >= 15 is 0 Å². The predicted octanol–water partition coefficient (Wildman–Crippen LogP) is 4.62. The van der Waals surface area contributed by atoms with Crippen LogP contribution in [0.4, 0.5) is 5.13 Å². The SMILES string of the molecule is O=C(COc1ccc(Cl)cc1)Nc1nnc(-c2cc3ccccc3o2)s1. The van der Waals surface area contributed by atoms with E-state index in [1.807, 2.05) is 30.3 Å². The number of fused-ring (bicyclic) bond motifs is 1. The Morgan fingerprint density at radius 3 is 2.77 bits per heavy atom. The maximum Gasteiger partial charge on any atom is 0.264 e. The summed E-state index contributed by atoms with van der Waals surface area (Å²) >= 11 is 7.04. The van der Waals surface area contributed by atoms with Crippen molar-refractivity contribution in [3.8, 4) is 16.5 Å². The molecule has 0 aliphatic carbocycles. The Labute approximate surface area is 157 Å². The first-order valence-electron chi connectivity index (χ1n) is 7.68. The molecular formula is C18H12ClN3O3S. The summed E-state index contributed by atoms with van der Waals surface area (Å²) in [6, 6.07) is 16.4. The number of hydrogen-bond acceptors (Lipinski definition) is 6. The summed E-state index contributed by atoms with van der Waals surface area (Å²) in [5.74, 6) is 0.846. The average Bonchev–Trinajstić information content (AvgIpc) is 3.27. The van der Waals surface area contributed by atoms with Crippen LogP contribution < -0.4 is 10.1 Å². The van der Waals surface area contributed by atoms with Gasteiger partial charge in [-0.2, -0.15) is 0 Å². The minimum Gasteiger partial charge on any atom is -0.484 e. The van der Waals surface area contributed by atoms with Crippen LogP contribution in [0.3, 0.4) is 0 Å². The Kier molecular flexibility index (Phi) is 4.55. The first-order chi connectivity index (χ1) is 12.7. The monoisotopic (exact) mass is 385 g/mol. The van der Waals surface area contributed by atoms with Crippen molar-refractivity contribution in [3.05, 3.63) is 59.6 Å². The molecule has 26 heavy (non-hydrogen) atoms.